The predicted molar refractivity (Wildman–Crippen MR) is 96.8 cm³/mol. The molecule has 2 fully saturated rings. The first-order valence-electron chi connectivity index (χ1n) is 9.23. The van der Waals surface area contributed by atoms with Crippen molar-refractivity contribution in [3.8, 4) is 5.75 Å². The zero-order chi connectivity index (χ0) is 17.4. The summed E-state index contributed by atoms with van der Waals surface area (Å²) < 4.78 is 11.5. The fraction of sp³-hybridized carbons (Fsp3) is 0.550. The number of fused-ring (bicyclic) bond motifs is 1. The van der Waals surface area contributed by atoms with Crippen molar-refractivity contribution in [2.45, 2.75) is 38.6 Å². The molecule has 1 N–H and O–H groups in total. The Balaban J connectivity index is 1.61. The normalized spacial score (nSPS) is 23.8. The molecule has 1 unspecified atom stereocenters. The van der Waals surface area contributed by atoms with Gasteiger partial charge in [0.05, 0.1) is 31.8 Å². The van der Waals surface area contributed by atoms with Crippen LogP contribution in [0, 0.1) is 5.92 Å². The van der Waals surface area contributed by atoms with Gasteiger partial charge in [0.1, 0.15) is 5.75 Å². The molecule has 1 atom stereocenters. The Morgan fingerprint density at radius 3 is 3.04 bits per heavy atom. The Hall–Kier alpha value is -2.01. The molecular weight excluding hydrogens is 316 g/mol. The summed E-state index contributed by atoms with van der Waals surface area (Å²) in [5, 5.41) is 1.03. The molecule has 2 aromatic rings. The number of H-pyrrole nitrogens is 1. The fourth-order valence-electron chi connectivity index (χ4n) is 4.11. The number of nitrogens with zero attached hydrogens (tertiary/aromatic N) is 1. The summed E-state index contributed by atoms with van der Waals surface area (Å²) >= 11 is 0. The van der Waals surface area contributed by atoms with E-state index in [1.54, 1.807) is 0 Å². The van der Waals surface area contributed by atoms with Crippen LogP contribution < -0.4 is 4.74 Å². The molecule has 1 aromatic heterocycles. The lowest BCUT2D eigenvalue weighted by Crippen LogP contribution is -2.59. The quantitative estimate of drug-likeness (QED) is 0.908. The molecule has 2 heterocycles. The summed E-state index contributed by atoms with van der Waals surface area (Å²) in [5.74, 6) is 1.61. The predicted octanol–water partition coefficient (Wildman–Crippen LogP) is 3.14. The van der Waals surface area contributed by atoms with Gasteiger partial charge >= 0.3 is 0 Å². The van der Waals surface area contributed by atoms with Crippen molar-refractivity contribution in [3.05, 3.63) is 30.0 Å². The number of aromatic amines is 1. The molecule has 0 spiro atoms. The van der Waals surface area contributed by atoms with E-state index in [4.69, 9.17) is 9.47 Å². The van der Waals surface area contributed by atoms with E-state index in [0.29, 0.717) is 38.7 Å². The van der Waals surface area contributed by atoms with Crippen molar-refractivity contribution >= 4 is 16.8 Å². The highest BCUT2D eigenvalue weighted by molar-refractivity contribution is 5.93. The highest BCUT2D eigenvalue weighted by Gasteiger charge is 2.49. The number of hydrogen-bond acceptors (Lipinski definition) is 3. The van der Waals surface area contributed by atoms with E-state index < -0.39 is 0 Å². The number of rotatable bonds is 5. The maximum Gasteiger partial charge on any atom is 0.227 e. The van der Waals surface area contributed by atoms with Gasteiger partial charge < -0.3 is 19.4 Å². The third-order valence-corrected chi connectivity index (χ3v) is 5.62. The summed E-state index contributed by atoms with van der Waals surface area (Å²) in [6, 6.07) is 5.97. The SMILES string of the molecule is CCOc1cccc2[nH]cc(CC(=O)N3CCOCC3(C)C3CC3)c12. The van der Waals surface area contributed by atoms with Gasteiger partial charge in [-0.3, -0.25) is 4.79 Å². The molecule has 5 nitrogen and oxygen atoms in total. The lowest BCUT2D eigenvalue weighted by atomic mass is 9.92. The molecule has 1 saturated carbocycles. The van der Waals surface area contributed by atoms with Gasteiger partial charge in [0.15, 0.2) is 0 Å². The monoisotopic (exact) mass is 342 g/mol. The van der Waals surface area contributed by atoms with Gasteiger partial charge in [0.25, 0.3) is 0 Å². The van der Waals surface area contributed by atoms with Crippen LogP contribution >= 0.6 is 0 Å². The standard InChI is InChI=1S/C20H26N2O3/c1-3-25-17-6-4-5-16-19(17)14(12-21-16)11-18(23)22-9-10-24-13-20(22,2)15-7-8-15/h4-6,12,15,21H,3,7-11,13H2,1-2H3. The Morgan fingerprint density at radius 1 is 1.44 bits per heavy atom. The van der Waals surface area contributed by atoms with Gasteiger partial charge in [-0.15, -0.1) is 0 Å². The molecule has 134 valence electrons. The van der Waals surface area contributed by atoms with Crippen molar-refractivity contribution in [3.63, 3.8) is 0 Å². The summed E-state index contributed by atoms with van der Waals surface area (Å²) in [5.41, 5.74) is 1.87. The van der Waals surface area contributed by atoms with Crippen molar-refractivity contribution in [1.82, 2.24) is 9.88 Å². The van der Waals surface area contributed by atoms with Crippen molar-refractivity contribution in [2.24, 2.45) is 5.92 Å². The molecule has 1 saturated heterocycles. The Bertz CT molecular complexity index is 780. The van der Waals surface area contributed by atoms with E-state index in [1.165, 1.54) is 12.8 Å². The van der Waals surface area contributed by atoms with Crippen LogP contribution in [0.2, 0.25) is 0 Å². The van der Waals surface area contributed by atoms with Gasteiger partial charge in [-0.1, -0.05) is 6.07 Å². The zero-order valence-electron chi connectivity index (χ0n) is 15.0. The maximum absolute atomic E-state index is 13.1. The first kappa shape index (κ1) is 16.5. The van der Waals surface area contributed by atoms with E-state index in [9.17, 15) is 4.79 Å². The second-order valence-corrected chi connectivity index (χ2v) is 7.33. The van der Waals surface area contributed by atoms with E-state index in [-0.39, 0.29) is 11.4 Å². The minimum atomic E-state index is -0.149. The summed E-state index contributed by atoms with van der Waals surface area (Å²) in [6.07, 6.45) is 4.74. The number of morpholine rings is 1. The molecule has 1 aliphatic heterocycles. The number of hydrogen-bond donors (Lipinski definition) is 1. The number of benzene rings is 1. The smallest absolute Gasteiger partial charge is 0.227 e. The zero-order valence-corrected chi connectivity index (χ0v) is 15.0. The van der Waals surface area contributed by atoms with Crippen molar-refractivity contribution in [2.75, 3.05) is 26.4 Å². The summed E-state index contributed by atoms with van der Waals surface area (Å²) in [6.45, 7) is 6.74. The highest BCUT2D eigenvalue weighted by atomic mass is 16.5. The second kappa shape index (κ2) is 6.37. The lowest BCUT2D eigenvalue weighted by molar-refractivity contribution is -0.149. The first-order chi connectivity index (χ1) is 12.1. The third kappa shape index (κ3) is 2.91. The fourth-order valence-corrected chi connectivity index (χ4v) is 4.11. The Morgan fingerprint density at radius 2 is 2.28 bits per heavy atom. The van der Waals surface area contributed by atoms with Crippen LogP contribution in [0.25, 0.3) is 10.9 Å². The minimum absolute atomic E-state index is 0.149. The van der Waals surface area contributed by atoms with E-state index >= 15 is 0 Å². The van der Waals surface area contributed by atoms with E-state index in [2.05, 4.69) is 16.8 Å². The number of aromatic nitrogens is 1. The number of carbonyl (C=O) groups excluding carboxylic acids is 1. The summed E-state index contributed by atoms with van der Waals surface area (Å²) in [7, 11) is 0. The molecule has 0 bridgehead atoms. The lowest BCUT2D eigenvalue weighted by Gasteiger charge is -2.45. The van der Waals surface area contributed by atoms with Crippen LogP contribution in [-0.2, 0) is 16.0 Å². The van der Waals surface area contributed by atoms with Gasteiger partial charge in [-0.05, 0) is 50.3 Å². The number of nitrogens with one attached hydrogen (secondary N) is 1. The minimum Gasteiger partial charge on any atom is -0.493 e. The molecule has 5 heteroatoms. The first-order valence-corrected chi connectivity index (χ1v) is 9.23. The number of ether oxygens (including phenoxy) is 2. The second-order valence-electron chi connectivity index (χ2n) is 7.33. The van der Waals surface area contributed by atoms with Gasteiger partial charge in [-0.2, -0.15) is 0 Å². The molecule has 1 amide bonds. The van der Waals surface area contributed by atoms with Crippen LogP contribution in [0.3, 0.4) is 0 Å². The highest BCUT2D eigenvalue weighted by Crippen LogP contribution is 2.44. The molecule has 1 aliphatic carbocycles. The van der Waals surface area contributed by atoms with Crippen LogP contribution in [0.15, 0.2) is 24.4 Å². The Labute approximate surface area is 148 Å². The Kier molecular flexibility index (Phi) is 4.20. The van der Waals surface area contributed by atoms with Crippen LogP contribution in [-0.4, -0.2) is 47.7 Å². The van der Waals surface area contributed by atoms with Gasteiger partial charge in [0, 0.05) is 23.6 Å². The van der Waals surface area contributed by atoms with Gasteiger partial charge in [-0.25, -0.2) is 0 Å². The third-order valence-electron chi connectivity index (χ3n) is 5.62. The summed E-state index contributed by atoms with van der Waals surface area (Å²) in [4.78, 5) is 18.5. The largest absolute Gasteiger partial charge is 0.493 e. The number of amides is 1. The average molecular weight is 342 g/mol. The van der Waals surface area contributed by atoms with E-state index in [0.717, 1.165) is 22.2 Å². The van der Waals surface area contributed by atoms with Crippen molar-refractivity contribution in [1.29, 1.82) is 0 Å². The van der Waals surface area contributed by atoms with E-state index in [1.807, 2.05) is 31.3 Å². The molecule has 1 aromatic carbocycles. The van der Waals surface area contributed by atoms with Crippen LogP contribution in [0.4, 0.5) is 0 Å². The van der Waals surface area contributed by atoms with Crippen LogP contribution in [0.5, 0.6) is 5.75 Å². The van der Waals surface area contributed by atoms with Crippen LogP contribution in [0.1, 0.15) is 32.3 Å². The van der Waals surface area contributed by atoms with Crippen molar-refractivity contribution < 1.29 is 14.3 Å². The molecule has 0 radical (unpaired) electrons. The molecular formula is C20H26N2O3. The van der Waals surface area contributed by atoms with Gasteiger partial charge in [0.2, 0.25) is 5.91 Å². The molecule has 2 aliphatic rings. The maximum atomic E-state index is 13.1. The topological polar surface area (TPSA) is 54.6 Å². The average Bonchev–Trinajstić information content (AvgIpc) is 3.39. The molecule has 4 rings (SSSR count). The number of carbonyl (C=O) groups is 1. The molecule has 25 heavy (non-hydrogen) atoms.